The molecule has 0 fully saturated rings. The fourth-order valence-electron chi connectivity index (χ4n) is 5.26. The number of amides is 1. The molecule has 246 valence electrons. The van der Waals surface area contributed by atoms with Crippen LogP contribution >= 0.6 is 0 Å². The topological polar surface area (TPSA) is 92.4 Å². The molecule has 1 atom stereocenters. The first-order chi connectivity index (χ1) is 20.0. The highest BCUT2D eigenvalue weighted by Gasteiger charge is 2.10. The third-order valence-electron chi connectivity index (χ3n) is 8.06. The van der Waals surface area contributed by atoms with E-state index in [1.54, 1.807) is 0 Å². The highest BCUT2D eigenvalue weighted by atomic mass is 16.4. The van der Waals surface area contributed by atoms with Crippen molar-refractivity contribution < 1.29 is 14.7 Å². The summed E-state index contributed by atoms with van der Waals surface area (Å²) in [6.07, 6.45) is 35.4. The maximum Gasteiger partial charge on any atom is 0.303 e. The van der Waals surface area contributed by atoms with Crippen LogP contribution in [0, 0.1) is 0 Å². The monoisotopic (exact) mass is 583 g/mol. The minimum absolute atomic E-state index is 0.177. The van der Waals surface area contributed by atoms with Gasteiger partial charge in [-0.15, -0.1) is 0 Å². The molecule has 0 radical (unpaired) electrons. The van der Waals surface area contributed by atoms with E-state index in [1.807, 2.05) is 0 Å². The largest absolute Gasteiger partial charge is 0.481 e. The Labute approximate surface area is 257 Å². The van der Waals surface area contributed by atoms with Gasteiger partial charge in [0.1, 0.15) is 0 Å². The number of carboxylic acid groups (broad SMARTS) is 1. The summed E-state index contributed by atoms with van der Waals surface area (Å²) in [7, 11) is 0. The maximum atomic E-state index is 12.1. The Morgan fingerprint density at radius 3 is 1.17 bits per heavy atom. The summed E-state index contributed by atoms with van der Waals surface area (Å²) in [6, 6.07) is 0.177. The zero-order valence-corrected chi connectivity index (χ0v) is 28.1. The van der Waals surface area contributed by atoms with Gasteiger partial charge in [-0.25, -0.2) is 0 Å². The number of hydrogen-bond donors (Lipinski definition) is 3. The molecule has 5 nitrogen and oxygen atoms in total. The van der Waals surface area contributed by atoms with Crippen LogP contribution in [0.1, 0.15) is 207 Å². The quantitative estimate of drug-likeness (QED) is 0.0709. The van der Waals surface area contributed by atoms with Crippen LogP contribution in [0.25, 0.3) is 0 Å². The van der Waals surface area contributed by atoms with Crippen LogP contribution in [0.5, 0.6) is 0 Å². The van der Waals surface area contributed by atoms with Gasteiger partial charge >= 0.3 is 5.97 Å². The van der Waals surface area contributed by atoms with E-state index in [9.17, 15) is 9.59 Å². The van der Waals surface area contributed by atoms with Crippen molar-refractivity contribution in [2.75, 3.05) is 6.54 Å². The molecule has 0 rings (SSSR count). The number of unbranched alkanes of at least 4 members (excludes halogenated alkanes) is 23. The molecule has 41 heavy (non-hydrogen) atoms. The molecule has 0 aromatic carbocycles. The molecule has 0 heterocycles. The number of carboxylic acids is 1. The van der Waals surface area contributed by atoms with Crippen molar-refractivity contribution in [3.8, 4) is 0 Å². The molecule has 0 spiro atoms. The van der Waals surface area contributed by atoms with Gasteiger partial charge in [0.05, 0.1) is 0 Å². The van der Waals surface area contributed by atoms with Crippen LogP contribution in [0.3, 0.4) is 0 Å². The van der Waals surface area contributed by atoms with Crippen LogP contribution in [0.4, 0.5) is 0 Å². The summed E-state index contributed by atoms with van der Waals surface area (Å²) in [5.74, 6) is -0.457. The van der Waals surface area contributed by atoms with E-state index in [1.165, 1.54) is 148 Å². The Balaban J connectivity index is 0. The fraction of sp³-hybridized carbons (Fsp3) is 0.944. The molecule has 0 aliphatic rings. The van der Waals surface area contributed by atoms with E-state index in [-0.39, 0.29) is 11.9 Å². The van der Waals surface area contributed by atoms with Gasteiger partial charge < -0.3 is 16.2 Å². The maximum absolute atomic E-state index is 12.1. The Morgan fingerprint density at radius 2 is 0.829 bits per heavy atom. The Bertz CT molecular complexity index is 527. The molecule has 0 aromatic rings. The lowest BCUT2D eigenvalue weighted by atomic mass is 10.0. The van der Waals surface area contributed by atoms with E-state index in [2.05, 4.69) is 26.1 Å². The third kappa shape index (κ3) is 38.9. The summed E-state index contributed by atoms with van der Waals surface area (Å²) in [5, 5.41) is 11.6. The Morgan fingerprint density at radius 1 is 0.512 bits per heavy atom. The highest BCUT2D eigenvalue weighted by Crippen LogP contribution is 2.13. The van der Waals surface area contributed by atoms with Gasteiger partial charge in [0.25, 0.3) is 0 Å². The van der Waals surface area contributed by atoms with Gasteiger partial charge in [0, 0.05) is 25.4 Å². The van der Waals surface area contributed by atoms with Gasteiger partial charge in [-0.2, -0.15) is 0 Å². The standard InChI is InChI=1S/C24H50N2O.C12H24O2/c1-3-5-7-9-11-13-15-17-19-21-24(27)26-23(22-25)20-18-16-14-12-10-8-6-4-2;1-2-3-4-5-6-7-8-9-10-11-12(13)14/h23H,3-22,25H2,1-2H3,(H,26,27);2-11H2,1H3,(H,13,14). The number of carbonyl (C=O) groups excluding carboxylic acids is 1. The highest BCUT2D eigenvalue weighted by molar-refractivity contribution is 5.76. The summed E-state index contributed by atoms with van der Waals surface area (Å²) < 4.78 is 0. The molecule has 4 N–H and O–H groups in total. The van der Waals surface area contributed by atoms with Crippen molar-refractivity contribution >= 4 is 11.9 Å². The first-order valence-corrected chi connectivity index (χ1v) is 18.2. The molecular weight excluding hydrogens is 508 g/mol. The van der Waals surface area contributed by atoms with Crippen molar-refractivity contribution in [1.29, 1.82) is 0 Å². The number of rotatable bonds is 31. The molecule has 1 amide bonds. The lowest BCUT2D eigenvalue weighted by molar-refractivity contribution is -0.137. The zero-order valence-electron chi connectivity index (χ0n) is 28.1. The van der Waals surface area contributed by atoms with Crippen molar-refractivity contribution in [2.24, 2.45) is 5.73 Å². The number of hydrogen-bond acceptors (Lipinski definition) is 3. The van der Waals surface area contributed by atoms with Gasteiger partial charge in [-0.05, 0) is 19.3 Å². The van der Waals surface area contributed by atoms with Crippen LogP contribution in [0.2, 0.25) is 0 Å². The van der Waals surface area contributed by atoms with Crippen molar-refractivity contribution in [2.45, 2.75) is 213 Å². The minimum Gasteiger partial charge on any atom is -0.481 e. The van der Waals surface area contributed by atoms with Gasteiger partial charge in [-0.3, -0.25) is 9.59 Å². The minimum atomic E-state index is -0.659. The van der Waals surface area contributed by atoms with Gasteiger partial charge in [-0.1, -0.05) is 175 Å². The number of aliphatic carboxylic acids is 1. The average Bonchev–Trinajstić information content (AvgIpc) is 2.96. The van der Waals surface area contributed by atoms with Crippen LogP contribution in [-0.2, 0) is 9.59 Å². The summed E-state index contributed by atoms with van der Waals surface area (Å²) >= 11 is 0. The Hall–Kier alpha value is -1.10. The number of nitrogens with two attached hydrogens (primary N) is 1. The molecule has 0 aliphatic heterocycles. The first kappa shape index (κ1) is 42.0. The van der Waals surface area contributed by atoms with E-state index in [0.29, 0.717) is 19.4 Å². The normalized spacial score (nSPS) is 11.6. The predicted octanol–water partition coefficient (Wildman–Crippen LogP) is 10.9. The van der Waals surface area contributed by atoms with Crippen molar-refractivity contribution in [3.05, 3.63) is 0 Å². The average molecular weight is 583 g/mol. The molecule has 0 bridgehead atoms. The van der Waals surface area contributed by atoms with Crippen LogP contribution in [-0.4, -0.2) is 29.6 Å². The van der Waals surface area contributed by atoms with Crippen molar-refractivity contribution in [3.63, 3.8) is 0 Å². The van der Waals surface area contributed by atoms with Gasteiger partial charge in [0.2, 0.25) is 5.91 Å². The SMILES string of the molecule is CCCCCCCCCCCC(=O)NC(CN)CCCCCCCCCC.CCCCCCCCCCCC(=O)O. The number of carbonyl (C=O) groups is 2. The lowest BCUT2D eigenvalue weighted by Crippen LogP contribution is -2.40. The third-order valence-corrected chi connectivity index (χ3v) is 8.06. The number of nitrogens with one attached hydrogen (secondary N) is 1. The predicted molar refractivity (Wildman–Crippen MR) is 180 cm³/mol. The molecule has 0 saturated heterocycles. The summed E-state index contributed by atoms with van der Waals surface area (Å²) in [6.45, 7) is 7.32. The van der Waals surface area contributed by atoms with Crippen molar-refractivity contribution in [1.82, 2.24) is 5.32 Å². The summed E-state index contributed by atoms with van der Waals surface area (Å²) in [5.41, 5.74) is 5.85. The van der Waals surface area contributed by atoms with E-state index in [4.69, 9.17) is 10.8 Å². The molecule has 5 heteroatoms. The van der Waals surface area contributed by atoms with Crippen LogP contribution < -0.4 is 11.1 Å². The zero-order chi connectivity index (χ0) is 30.7. The molecule has 0 saturated carbocycles. The second-order valence-corrected chi connectivity index (χ2v) is 12.3. The smallest absolute Gasteiger partial charge is 0.303 e. The van der Waals surface area contributed by atoms with E-state index in [0.717, 1.165) is 25.7 Å². The summed E-state index contributed by atoms with van der Waals surface area (Å²) in [4.78, 5) is 22.3. The molecule has 0 aromatic heterocycles. The second kappa shape index (κ2) is 36.9. The van der Waals surface area contributed by atoms with Gasteiger partial charge in [0.15, 0.2) is 0 Å². The van der Waals surface area contributed by atoms with E-state index >= 15 is 0 Å². The van der Waals surface area contributed by atoms with E-state index < -0.39 is 5.97 Å². The first-order valence-electron chi connectivity index (χ1n) is 18.2. The second-order valence-electron chi connectivity index (χ2n) is 12.3. The lowest BCUT2D eigenvalue weighted by Gasteiger charge is -2.16. The molecule has 1 unspecified atom stereocenters. The Kier molecular flexibility index (Phi) is 37.9. The van der Waals surface area contributed by atoms with Crippen LogP contribution in [0.15, 0.2) is 0 Å². The molecular formula is C36H74N2O3. The molecule has 0 aliphatic carbocycles. The fourth-order valence-corrected chi connectivity index (χ4v) is 5.26.